The molecule has 44 heavy (non-hydrogen) atoms. The number of hydrogen-bond donors (Lipinski definition) is 0. The number of hydrogen-bond acceptors (Lipinski definition) is 0. The Balaban J connectivity index is 1.71. The molecule has 0 atom stereocenters. The van der Waals surface area contributed by atoms with E-state index in [0.29, 0.717) is 0 Å². The molecule has 0 unspecified atom stereocenters. The minimum absolute atomic E-state index is 0.895. The predicted octanol–water partition coefficient (Wildman–Crippen LogP) is 7.52. The molecule has 3 heteroatoms. The van der Waals surface area contributed by atoms with Gasteiger partial charge in [-0.05, 0) is 0 Å². The molecule has 0 fully saturated rings. The zero-order valence-corrected chi connectivity index (χ0v) is 28.6. The van der Waals surface area contributed by atoms with Crippen LogP contribution in [0.3, 0.4) is 0 Å². The van der Waals surface area contributed by atoms with Crippen LogP contribution in [0.1, 0.15) is 0 Å². The topological polar surface area (TPSA) is 0 Å². The summed E-state index contributed by atoms with van der Waals surface area (Å²) < 4.78 is 2.32. The molecular weight excluding hydrogens is 745 g/mol. The summed E-state index contributed by atoms with van der Waals surface area (Å²) >= 11 is 1.91. The third-order valence-electron chi connectivity index (χ3n) is 8.04. The number of benzene rings is 6. The Bertz CT molecular complexity index is 1660. The van der Waals surface area contributed by atoms with Gasteiger partial charge in [-0.1, -0.05) is 0 Å². The van der Waals surface area contributed by atoms with Crippen molar-refractivity contribution in [2.24, 2.45) is 0 Å². The van der Waals surface area contributed by atoms with Crippen molar-refractivity contribution in [1.29, 1.82) is 0 Å². The van der Waals surface area contributed by atoms with E-state index in [0.717, 1.165) is 5.31 Å². The molecule has 0 aliphatic heterocycles. The first kappa shape index (κ1) is 30.2. The SMILES string of the molecule is [CH-]=C(/C=C(\[CH]=[Os])[P+](c1ccccc1)(c1ccccc1)c1ccccc1)[P+](c1ccccc1)(c1ccccc1)c1ccccc1. The van der Waals surface area contributed by atoms with Crippen molar-refractivity contribution in [2.75, 3.05) is 0 Å². The quantitative estimate of drug-likeness (QED) is 0.0768. The van der Waals surface area contributed by atoms with Gasteiger partial charge < -0.3 is 0 Å². The van der Waals surface area contributed by atoms with Crippen LogP contribution in [0, 0.1) is 6.58 Å². The van der Waals surface area contributed by atoms with Crippen LogP contribution in [0.2, 0.25) is 0 Å². The van der Waals surface area contributed by atoms with Crippen LogP contribution in [-0.4, -0.2) is 4.57 Å². The second-order valence-electron chi connectivity index (χ2n) is 10.5. The first-order valence-corrected chi connectivity index (χ1v) is 19.7. The van der Waals surface area contributed by atoms with Gasteiger partial charge in [-0.15, -0.1) is 0 Å². The van der Waals surface area contributed by atoms with Crippen molar-refractivity contribution < 1.29 is 18.1 Å². The molecule has 6 aromatic carbocycles. The minimum atomic E-state index is -2.44. The van der Waals surface area contributed by atoms with Crippen LogP contribution in [0.15, 0.2) is 199 Å². The summed E-state index contributed by atoms with van der Waals surface area (Å²) in [6.45, 7) is 7.65. The first-order chi connectivity index (χ1) is 21.7. The van der Waals surface area contributed by atoms with Crippen molar-refractivity contribution in [3.8, 4) is 0 Å². The van der Waals surface area contributed by atoms with Gasteiger partial charge in [0, 0.05) is 0 Å². The molecule has 0 radical (unpaired) electrons. The van der Waals surface area contributed by atoms with E-state index >= 15 is 0 Å². The second kappa shape index (κ2) is 13.9. The number of allylic oxidation sites excluding steroid dienone is 3. The van der Waals surface area contributed by atoms with E-state index in [-0.39, 0.29) is 0 Å². The molecular formula is C41H33OsP2+. The average Bonchev–Trinajstić information content (AvgIpc) is 3.11. The maximum absolute atomic E-state index is 7.65. The molecule has 6 rings (SSSR count). The molecule has 0 aliphatic rings. The molecule has 0 amide bonds. The summed E-state index contributed by atoms with van der Waals surface area (Å²) in [5.41, 5.74) is 0. The van der Waals surface area contributed by atoms with Crippen LogP contribution in [0.5, 0.6) is 0 Å². The standard InChI is InChI=1S/C41H33P2.Os/c1-34(42(36-21-9-3-10-22-36,37-23-11-4-12-24-37)38-25-13-5-14-26-38)33-35(2)43(39-27-15-6-16-28-39,40-29-17-7-18-30-40)41-31-19-8-20-32-41;/h1-33H;/q+1;/b34-33+;. The van der Waals surface area contributed by atoms with Gasteiger partial charge in [0.1, 0.15) is 0 Å². The summed E-state index contributed by atoms with van der Waals surface area (Å²) in [5, 5.41) is 9.80. The fraction of sp³-hybridized carbons (Fsp3) is 0. The Hall–Kier alpha value is -3.83. The zero-order valence-electron chi connectivity index (χ0n) is 24.3. The number of rotatable bonds is 10. The second-order valence-corrected chi connectivity index (χ2v) is 18.0. The van der Waals surface area contributed by atoms with E-state index in [1.54, 1.807) is 0 Å². The van der Waals surface area contributed by atoms with Gasteiger partial charge in [0.15, 0.2) is 0 Å². The van der Waals surface area contributed by atoms with Crippen molar-refractivity contribution in [2.45, 2.75) is 0 Å². The average molecular weight is 778 g/mol. The summed E-state index contributed by atoms with van der Waals surface area (Å²) in [5.74, 6) is 0. The Morgan fingerprint density at radius 2 is 0.614 bits per heavy atom. The Morgan fingerprint density at radius 1 is 0.386 bits per heavy atom. The third-order valence-corrected chi connectivity index (χ3v) is 17.8. The van der Waals surface area contributed by atoms with Crippen LogP contribution in [-0.2, 0) is 18.1 Å². The fourth-order valence-electron chi connectivity index (χ4n) is 6.14. The van der Waals surface area contributed by atoms with E-state index in [2.05, 4.69) is 193 Å². The molecule has 0 bridgehead atoms. The van der Waals surface area contributed by atoms with Gasteiger partial charge in [0.2, 0.25) is 0 Å². The van der Waals surface area contributed by atoms with Crippen LogP contribution >= 0.6 is 14.5 Å². The van der Waals surface area contributed by atoms with Gasteiger partial charge in [-0.3, -0.25) is 0 Å². The van der Waals surface area contributed by atoms with Crippen LogP contribution < -0.4 is 31.8 Å². The summed E-state index contributed by atoms with van der Waals surface area (Å²) in [6.07, 6.45) is 2.34. The summed E-state index contributed by atoms with van der Waals surface area (Å²) in [4.78, 5) is 0. The molecule has 0 aromatic heterocycles. The Labute approximate surface area is 273 Å². The van der Waals surface area contributed by atoms with Gasteiger partial charge in [-0.25, -0.2) is 0 Å². The molecule has 0 aliphatic carbocycles. The summed E-state index contributed by atoms with van der Waals surface area (Å²) in [7, 11) is -4.77. The van der Waals surface area contributed by atoms with E-state index in [4.69, 9.17) is 6.58 Å². The molecule has 0 saturated heterocycles. The fourth-order valence-corrected chi connectivity index (χ4v) is 16.0. The van der Waals surface area contributed by atoms with Crippen molar-refractivity contribution in [3.05, 3.63) is 205 Å². The zero-order chi connectivity index (χ0) is 30.2. The molecule has 0 heterocycles. The normalized spacial score (nSPS) is 12.0. The first-order valence-electron chi connectivity index (χ1n) is 14.6. The van der Waals surface area contributed by atoms with E-state index in [1.807, 2.05) is 18.1 Å². The van der Waals surface area contributed by atoms with Crippen molar-refractivity contribution in [3.63, 3.8) is 0 Å². The van der Waals surface area contributed by atoms with Crippen LogP contribution in [0.4, 0.5) is 0 Å². The van der Waals surface area contributed by atoms with Crippen LogP contribution in [0.25, 0.3) is 0 Å². The molecule has 0 nitrogen and oxygen atoms in total. The third kappa shape index (κ3) is 5.47. The van der Waals surface area contributed by atoms with Gasteiger partial charge in [-0.2, -0.15) is 0 Å². The van der Waals surface area contributed by atoms with Crippen molar-refractivity contribution in [1.82, 2.24) is 0 Å². The van der Waals surface area contributed by atoms with Gasteiger partial charge in [0.05, 0.1) is 0 Å². The predicted molar refractivity (Wildman–Crippen MR) is 192 cm³/mol. The van der Waals surface area contributed by atoms with E-state index in [9.17, 15) is 0 Å². The molecule has 6 aromatic rings. The maximum atomic E-state index is 7.65. The van der Waals surface area contributed by atoms with E-state index < -0.39 is 14.5 Å². The van der Waals surface area contributed by atoms with E-state index in [1.165, 1.54) is 37.1 Å². The van der Waals surface area contributed by atoms with Gasteiger partial charge >= 0.3 is 274 Å². The Morgan fingerprint density at radius 3 is 0.841 bits per heavy atom. The van der Waals surface area contributed by atoms with Gasteiger partial charge in [0.25, 0.3) is 0 Å². The summed E-state index contributed by atoms with van der Waals surface area (Å²) in [6, 6.07) is 65.6. The Kier molecular flexibility index (Phi) is 9.51. The molecule has 0 saturated carbocycles. The molecule has 214 valence electrons. The van der Waals surface area contributed by atoms with Crippen molar-refractivity contribution >= 4 is 50.9 Å². The molecule has 0 spiro atoms. The molecule has 0 N–H and O–H groups in total. The monoisotopic (exact) mass is 779 g/mol.